The maximum absolute atomic E-state index is 6.21. The third-order valence-corrected chi connectivity index (χ3v) is 4.48. The summed E-state index contributed by atoms with van der Waals surface area (Å²) >= 11 is 12.2. The van der Waals surface area contributed by atoms with Gasteiger partial charge >= 0.3 is 0 Å². The molecule has 1 aromatic heterocycles. The maximum Gasteiger partial charge on any atom is 0.141 e. The predicted octanol–water partition coefficient (Wildman–Crippen LogP) is 6.06. The zero-order valence-corrected chi connectivity index (χ0v) is 14.3. The fourth-order valence-electron chi connectivity index (χ4n) is 2.84. The molecule has 0 atom stereocenters. The van der Waals surface area contributed by atoms with Gasteiger partial charge in [0.1, 0.15) is 5.82 Å². The minimum atomic E-state index is 0.707. The third-order valence-electron chi connectivity index (χ3n) is 4.00. The Morgan fingerprint density at radius 2 is 1.50 bits per heavy atom. The van der Waals surface area contributed by atoms with Gasteiger partial charge in [0.2, 0.25) is 0 Å². The van der Waals surface area contributed by atoms with E-state index < -0.39 is 0 Å². The zero-order chi connectivity index (χ0) is 16.5. The van der Waals surface area contributed by atoms with Gasteiger partial charge in [0, 0.05) is 22.2 Å². The van der Waals surface area contributed by atoms with Crippen LogP contribution in [-0.2, 0) is 6.54 Å². The van der Waals surface area contributed by atoms with Crippen LogP contribution in [0.1, 0.15) is 5.56 Å². The highest BCUT2D eigenvalue weighted by atomic mass is 35.5. The lowest BCUT2D eigenvalue weighted by Crippen LogP contribution is -2.02. The molecule has 0 aliphatic carbocycles. The van der Waals surface area contributed by atoms with Crippen LogP contribution in [0.3, 0.4) is 0 Å². The average molecular weight is 353 g/mol. The Morgan fingerprint density at radius 3 is 2.25 bits per heavy atom. The van der Waals surface area contributed by atoms with Crippen LogP contribution < -0.4 is 0 Å². The average Bonchev–Trinajstić information content (AvgIpc) is 2.95. The first-order valence-corrected chi connectivity index (χ1v) is 8.42. The summed E-state index contributed by atoms with van der Waals surface area (Å²) in [5.74, 6) is 0.933. The van der Waals surface area contributed by atoms with E-state index in [2.05, 4.69) is 16.7 Å². The van der Waals surface area contributed by atoms with E-state index in [1.165, 1.54) is 0 Å². The molecule has 0 unspecified atom stereocenters. The van der Waals surface area contributed by atoms with E-state index in [1.54, 1.807) is 0 Å². The van der Waals surface area contributed by atoms with Gasteiger partial charge in [0.25, 0.3) is 0 Å². The summed E-state index contributed by atoms with van der Waals surface area (Å²) in [5.41, 5.74) is 4.21. The number of benzene rings is 3. The summed E-state index contributed by atoms with van der Waals surface area (Å²) < 4.78 is 2.19. The standard InChI is InChI=1S/C20H14Cl2N2/c21-16-8-6-14(7-9-16)13-24-19-12-17(22)10-11-18(19)23-20(24)15-4-2-1-3-5-15/h1-12H,13H2. The van der Waals surface area contributed by atoms with Crippen LogP contribution in [-0.4, -0.2) is 9.55 Å². The van der Waals surface area contributed by atoms with Crippen molar-refractivity contribution in [3.63, 3.8) is 0 Å². The molecule has 0 fully saturated rings. The molecule has 0 N–H and O–H groups in total. The first kappa shape index (κ1) is 15.3. The van der Waals surface area contributed by atoms with Gasteiger partial charge in [-0.25, -0.2) is 4.98 Å². The van der Waals surface area contributed by atoms with Crippen LogP contribution in [0.5, 0.6) is 0 Å². The van der Waals surface area contributed by atoms with Crippen LogP contribution in [0, 0.1) is 0 Å². The Labute approximate surface area is 150 Å². The lowest BCUT2D eigenvalue weighted by molar-refractivity contribution is 0.834. The van der Waals surface area contributed by atoms with Gasteiger partial charge < -0.3 is 4.57 Å². The van der Waals surface area contributed by atoms with Gasteiger partial charge in [-0.15, -0.1) is 0 Å². The SMILES string of the molecule is Clc1ccc(Cn2c(-c3ccccc3)nc3ccc(Cl)cc32)cc1. The number of aromatic nitrogens is 2. The van der Waals surface area contributed by atoms with Crippen molar-refractivity contribution in [3.8, 4) is 11.4 Å². The van der Waals surface area contributed by atoms with Crippen molar-refractivity contribution in [3.05, 3.63) is 88.4 Å². The molecule has 0 amide bonds. The number of nitrogens with zero attached hydrogens (tertiary/aromatic N) is 2. The molecule has 0 saturated carbocycles. The van der Waals surface area contributed by atoms with Crippen molar-refractivity contribution in [1.29, 1.82) is 0 Å². The summed E-state index contributed by atoms with van der Waals surface area (Å²) in [4.78, 5) is 4.82. The smallest absolute Gasteiger partial charge is 0.141 e. The van der Waals surface area contributed by atoms with Crippen molar-refractivity contribution in [2.24, 2.45) is 0 Å². The molecule has 4 rings (SSSR count). The number of hydrogen-bond acceptors (Lipinski definition) is 1. The minimum Gasteiger partial charge on any atom is -0.319 e. The topological polar surface area (TPSA) is 17.8 Å². The number of imidazole rings is 1. The van der Waals surface area contributed by atoms with Crippen LogP contribution in [0.2, 0.25) is 10.0 Å². The van der Waals surface area contributed by atoms with Crippen molar-refractivity contribution < 1.29 is 0 Å². The first-order chi connectivity index (χ1) is 11.7. The highest BCUT2D eigenvalue weighted by Crippen LogP contribution is 2.28. The fraction of sp³-hybridized carbons (Fsp3) is 0.0500. The lowest BCUT2D eigenvalue weighted by atomic mass is 10.2. The molecule has 0 spiro atoms. The second-order valence-electron chi connectivity index (χ2n) is 5.65. The monoisotopic (exact) mass is 352 g/mol. The first-order valence-electron chi connectivity index (χ1n) is 7.66. The summed E-state index contributed by atoms with van der Waals surface area (Å²) in [6, 6.07) is 23.9. The Kier molecular flexibility index (Phi) is 4.01. The second-order valence-corrected chi connectivity index (χ2v) is 6.52. The van der Waals surface area contributed by atoms with Gasteiger partial charge in [-0.3, -0.25) is 0 Å². The molecular weight excluding hydrogens is 339 g/mol. The van der Waals surface area contributed by atoms with E-state index in [0.717, 1.165) is 33.0 Å². The molecule has 3 aromatic carbocycles. The minimum absolute atomic E-state index is 0.707. The number of fused-ring (bicyclic) bond motifs is 1. The molecular formula is C20H14Cl2N2. The van der Waals surface area contributed by atoms with Crippen molar-refractivity contribution in [2.45, 2.75) is 6.54 Å². The van der Waals surface area contributed by atoms with Gasteiger partial charge in [-0.2, -0.15) is 0 Å². The Balaban J connectivity index is 1.90. The molecule has 1 heterocycles. The van der Waals surface area contributed by atoms with E-state index in [4.69, 9.17) is 28.2 Å². The van der Waals surface area contributed by atoms with Gasteiger partial charge in [-0.05, 0) is 35.9 Å². The molecule has 0 aliphatic rings. The number of hydrogen-bond donors (Lipinski definition) is 0. The Morgan fingerprint density at radius 1 is 0.792 bits per heavy atom. The molecule has 4 heteroatoms. The maximum atomic E-state index is 6.21. The van der Waals surface area contributed by atoms with E-state index in [-0.39, 0.29) is 0 Å². The molecule has 0 radical (unpaired) electrons. The molecule has 2 nitrogen and oxygen atoms in total. The highest BCUT2D eigenvalue weighted by molar-refractivity contribution is 6.31. The summed E-state index contributed by atoms with van der Waals surface area (Å²) in [6.45, 7) is 0.707. The second kappa shape index (κ2) is 6.31. The van der Waals surface area contributed by atoms with E-state index in [0.29, 0.717) is 11.6 Å². The van der Waals surface area contributed by atoms with Gasteiger partial charge in [0.05, 0.1) is 11.0 Å². The van der Waals surface area contributed by atoms with Crippen molar-refractivity contribution >= 4 is 34.2 Å². The normalized spacial score (nSPS) is 11.1. The summed E-state index contributed by atoms with van der Waals surface area (Å²) in [7, 11) is 0. The summed E-state index contributed by atoms with van der Waals surface area (Å²) in [6.07, 6.45) is 0. The predicted molar refractivity (Wildman–Crippen MR) is 101 cm³/mol. The molecule has 0 saturated heterocycles. The molecule has 118 valence electrons. The lowest BCUT2D eigenvalue weighted by Gasteiger charge is -2.10. The fourth-order valence-corrected chi connectivity index (χ4v) is 3.13. The van der Waals surface area contributed by atoms with Crippen molar-refractivity contribution in [2.75, 3.05) is 0 Å². The number of halogens is 2. The third kappa shape index (κ3) is 2.91. The highest BCUT2D eigenvalue weighted by Gasteiger charge is 2.13. The molecule has 0 bridgehead atoms. The number of rotatable bonds is 3. The van der Waals surface area contributed by atoms with E-state index in [1.807, 2.05) is 60.7 Å². The van der Waals surface area contributed by atoms with E-state index >= 15 is 0 Å². The van der Waals surface area contributed by atoms with Gasteiger partial charge in [0.15, 0.2) is 0 Å². The quantitative estimate of drug-likeness (QED) is 0.438. The van der Waals surface area contributed by atoms with Crippen LogP contribution in [0.4, 0.5) is 0 Å². The van der Waals surface area contributed by atoms with Crippen LogP contribution in [0.25, 0.3) is 22.4 Å². The summed E-state index contributed by atoms with van der Waals surface area (Å²) in [5, 5.41) is 1.44. The Bertz CT molecular complexity index is 990. The Hall–Kier alpha value is -2.29. The zero-order valence-electron chi connectivity index (χ0n) is 12.8. The molecule has 4 aromatic rings. The van der Waals surface area contributed by atoms with Crippen molar-refractivity contribution in [1.82, 2.24) is 9.55 Å². The van der Waals surface area contributed by atoms with Gasteiger partial charge in [-0.1, -0.05) is 65.7 Å². The molecule has 24 heavy (non-hydrogen) atoms. The van der Waals surface area contributed by atoms with Crippen LogP contribution >= 0.6 is 23.2 Å². The largest absolute Gasteiger partial charge is 0.319 e. The van der Waals surface area contributed by atoms with E-state index in [9.17, 15) is 0 Å². The molecule has 0 aliphatic heterocycles. The van der Waals surface area contributed by atoms with Crippen LogP contribution in [0.15, 0.2) is 72.8 Å².